The third-order valence-corrected chi connectivity index (χ3v) is 6.88. The number of hydrogen-bond acceptors (Lipinski definition) is 9. The number of nitrogens with one attached hydrogen (secondary N) is 3. The Hall–Kier alpha value is -4.71. The first-order valence-electron chi connectivity index (χ1n) is 14.4. The van der Waals surface area contributed by atoms with Crippen molar-refractivity contribution < 1.29 is 19.1 Å². The Balaban J connectivity index is 1.35. The number of allylic oxidation sites excluding steroid dienone is 3. The molecule has 3 amide bonds. The number of aromatic nitrogens is 2. The first-order chi connectivity index (χ1) is 20.9. The predicted molar refractivity (Wildman–Crippen MR) is 172 cm³/mol. The Morgan fingerprint density at radius 2 is 1.59 bits per heavy atom. The highest BCUT2D eigenvalue weighted by Crippen LogP contribution is 2.18. The SMILES string of the molecule is CC(C)(C)OC(=O)NCc1cccc(CC(=O)Nc2nnc(CCCC/C(N)=C/C=C(\N)NC(=O)Cc3ccccc3)s2)c1. The molecule has 0 aliphatic rings. The minimum atomic E-state index is -0.571. The fourth-order valence-electron chi connectivity index (χ4n) is 4.01. The highest BCUT2D eigenvalue weighted by Gasteiger charge is 2.16. The maximum atomic E-state index is 12.6. The van der Waals surface area contributed by atoms with Crippen LogP contribution in [0.4, 0.5) is 9.93 Å². The number of carbonyl (C=O) groups is 3. The molecule has 0 saturated heterocycles. The molecule has 0 radical (unpaired) electrons. The van der Waals surface area contributed by atoms with Crippen LogP contribution in [0.1, 0.15) is 61.7 Å². The largest absolute Gasteiger partial charge is 0.444 e. The number of alkyl carbamates (subject to hydrolysis) is 1. The van der Waals surface area contributed by atoms with Gasteiger partial charge in [0.05, 0.1) is 12.8 Å². The Bertz CT molecular complexity index is 1460. The number of carbonyl (C=O) groups excluding carboxylic acids is 3. The third kappa shape index (κ3) is 13.5. The number of benzene rings is 2. The lowest BCUT2D eigenvalue weighted by Crippen LogP contribution is -2.32. The number of ether oxygens (including phenoxy) is 1. The lowest BCUT2D eigenvalue weighted by molar-refractivity contribution is -0.119. The van der Waals surface area contributed by atoms with Crippen molar-refractivity contribution in [2.24, 2.45) is 11.5 Å². The summed E-state index contributed by atoms with van der Waals surface area (Å²) in [7, 11) is 0. The molecule has 234 valence electrons. The molecule has 0 bridgehead atoms. The Kier molecular flexibility index (Phi) is 12.9. The molecule has 2 aromatic carbocycles. The van der Waals surface area contributed by atoms with Gasteiger partial charge in [-0.05, 0) is 68.9 Å². The number of anilines is 1. The molecular weight excluding hydrogens is 578 g/mol. The van der Waals surface area contributed by atoms with E-state index in [2.05, 4.69) is 26.1 Å². The molecule has 7 N–H and O–H groups in total. The molecule has 1 aromatic heterocycles. The van der Waals surface area contributed by atoms with Crippen LogP contribution in [0.3, 0.4) is 0 Å². The topological polar surface area (TPSA) is 174 Å². The maximum absolute atomic E-state index is 12.6. The molecule has 0 aliphatic carbocycles. The average molecular weight is 620 g/mol. The van der Waals surface area contributed by atoms with E-state index in [0.29, 0.717) is 30.2 Å². The van der Waals surface area contributed by atoms with Gasteiger partial charge in [0.2, 0.25) is 16.9 Å². The quantitative estimate of drug-likeness (QED) is 0.130. The first kappa shape index (κ1) is 33.8. The van der Waals surface area contributed by atoms with Crippen molar-refractivity contribution in [3.8, 4) is 0 Å². The van der Waals surface area contributed by atoms with Crippen LogP contribution in [0.25, 0.3) is 0 Å². The highest BCUT2D eigenvalue weighted by atomic mass is 32.1. The fourth-order valence-corrected chi connectivity index (χ4v) is 4.80. The van der Waals surface area contributed by atoms with Crippen LogP contribution in [-0.2, 0) is 40.1 Å². The molecule has 0 spiro atoms. The van der Waals surface area contributed by atoms with Crippen molar-refractivity contribution in [1.29, 1.82) is 0 Å². The number of nitrogens with two attached hydrogens (primary N) is 2. The predicted octanol–water partition coefficient (Wildman–Crippen LogP) is 4.46. The molecular formula is C32H41N7O4S. The number of amides is 3. The second-order valence-electron chi connectivity index (χ2n) is 11.2. The summed E-state index contributed by atoms with van der Waals surface area (Å²) in [5, 5.41) is 17.7. The van der Waals surface area contributed by atoms with Crippen LogP contribution in [0.2, 0.25) is 0 Å². The number of unbranched alkanes of at least 4 members (excludes halogenated alkanes) is 1. The fraction of sp³-hybridized carbons (Fsp3) is 0.344. The molecule has 1 heterocycles. The van der Waals surface area contributed by atoms with Crippen molar-refractivity contribution >= 4 is 34.4 Å². The summed E-state index contributed by atoms with van der Waals surface area (Å²) >= 11 is 1.34. The summed E-state index contributed by atoms with van der Waals surface area (Å²) in [5.41, 5.74) is 14.7. The van der Waals surface area contributed by atoms with Gasteiger partial charge in [-0.25, -0.2) is 4.79 Å². The van der Waals surface area contributed by atoms with Crippen LogP contribution in [0.15, 0.2) is 78.3 Å². The average Bonchev–Trinajstić information content (AvgIpc) is 3.39. The standard InChI is InChI=1S/C32H41N7O4S/c1-32(2,3)43-31(42)35-21-24-13-9-12-23(18-24)20-28(41)37-30-39-38-29(44-30)15-8-7-14-25(33)16-17-26(34)36-27(40)19-22-10-5-4-6-11-22/h4-6,9-13,16-18H,7-8,14-15,19-21,33-34H2,1-3H3,(H,35,42)(H,36,40)(H,37,39,41)/b25-16-,26-17+. The van der Waals surface area contributed by atoms with Crippen LogP contribution >= 0.6 is 11.3 Å². The van der Waals surface area contributed by atoms with Crippen molar-refractivity contribution in [2.75, 3.05) is 5.32 Å². The molecule has 44 heavy (non-hydrogen) atoms. The number of rotatable bonds is 14. The van der Waals surface area contributed by atoms with E-state index in [9.17, 15) is 14.4 Å². The summed E-state index contributed by atoms with van der Waals surface area (Å²) in [6.45, 7) is 5.71. The van der Waals surface area contributed by atoms with E-state index >= 15 is 0 Å². The normalized spacial score (nSPS) is 12.0. The lowest BCUT2D eigenvalue weighted by atomic mass is 10.1. The van der Waals surface area contributed by atoms with Gasteiger partial charge in [-0.2, -0.15) is 0 Å². The molecule has 3 rings (SSSR count). The minimum absolute atomic E-state index is 0.163. The van der Waals surface area contributed by atoms with E-state index in [1.807, 2.05) is 54.6 Å². The summed E-state index contributed by atoms with van der Waals surface area (Å²) in [6.07, 6.45) is 6.25. The van der Waals surface area contributed by atoms with Crippen LogP contribution in [-0.4, -0.2) is 33.7 Å². The van der Waals surface area contributed by atoms with Gasteiger partial charge in [-0.1, -0.05) is 65.9 Å². The third-order valence-electron chi connectivity index (χ3n) is 5.98. The van der Waals surface area contributed by atoms with E-state index < -0.39 is 11.7 Å². The Labute approximate surface area is 262 Å². The molecule has 0 aliphatic heterocycles. The number of hydrogen-bond donors (Lipinski definition) is 5. The monoisotopic (exact) mass is 619 g/mol. The van der Waals surface area contributed by atoms with Gasteiger partial charge in [0.25, 0.3) is 0 Å². The highest BCUT2D eigenvalue weighted by molar-refractivity contribution is 7.15. The molecule has 11 nitrogen and oxygen atoms in total. The summed E-state index contributed by atoms with van der Waals surface area (Å²) in [6, 6.07) is 16.9. The van der Waals surface area contributed by atoms with Gasteiger partial charge >= 0.3 is 6.09 Å². The summed E-state index contributed by atoms with van der Waals surface area (Å²) < 4.78 is 5.25. The van der Waals surface area contributed by atoms with Crippen LogP contribution in [0, 0.1) is 0 Å². The Morgan fingerprint density at radius 1 is 0.886 bits per heavy atom. The van der Waals surface area contributed by atoms with E-state index in [4.69, 9.17) is 16.2 Å². The maximum Gasteiger partial charge on any atom is 0.407 e. The van der Waals surface area contributed by atoms with Crippen molar-refractivity contribution in [3.05, 3.63) is 100.0 Å². The van der Waals surface area contributed by atoms with Crippen molar-refractivity contribution in [2.45, 2.75) is 71.4 Å². The van der Waals surface area contributed by atoms with Gasteiger partial charge in [0.1, 0.15) is 16.4 Å². The summed E-state index contributed by atoms with van der Waals surface area (Å²) in [4.78, 5) is 36.6. The Morgan fingerprint density at radius 3 is 2.34 bits per heavy atom. The molecule has 0 unspecified atom stereocenters. The molecule has 3 aromatic rings. The van der Waals surface area contributed by atoms with Gasteiger partial charge in [0.15, 0.2) is 0 Å². The van der Waals surface area contributed by atoms with Crippen molar-refractivity contribution in [3.63, 3.8) is 0 Å². The summed E-state index contributed by atoms with van der Waals surface area (Å²) in [5.74, 6) is -0.157. The molecule has 0 atom stereocenters. The zero-order valence-electron chi connectivity index (χ0n) is 25.4. The second-order valence-corrected chi connectivity index (χ2v) is 12.2. The number of aryl methyl sites for hydroxylation is 1. The zero-order chi connectivity index (χ0) is 32.0. The number of nitrogens with zero attached hydrogens (tertiary/aromatic N) is 2. The smallest absolute Gasteiger partial charge is 0.407 e. The first-order valence-corrected chi connectivity index (χ1v) is 15.2. The van der Waals surface area contributed by atoms with E-state index in [1.54, 1.807) is 32.9 Å². The van der Waals surface area contributed by atoms with Crippen LogP contribution < -0.4 is 27.4 Å². The van der Waals surface area contributed by atoms with Gasteiger partial charge in [-0.3, -0.25) is 9.59 Å². The van der Waals surface area contributed by atoms with Gasteiger partial charge in [-0.15, -0.1) is 10.2 Å². The van der Waals surface area contributed by atoms with Crippen molar-refractivity contribution in [1.82, 2.24) is 20.8 Å². The van der Waals surface area contributed by atoms with E-state index in [-0.39, 0.29) is 30.5 Å². The minimum Gasteiger partial charge on any atom is -0.444 e. The molecule has 0 saturated carbocycles. The van der Waals surface area contributed by atoms with Gasteiger partial charge in [0, 0.05) is 18.7 Å². The molecule has 0 fully saturated rings. The van der Waals surface area contributed by atoms with Gasteiger partial charge < -0.3 is 32.2 Å². The van der Waals surface area contributed by atoms with E-state index in [0.717, 1.165) is 34.5 Å². The second kappa shape index (κ2) is 16.8. The van der Waals surface area contributed by atoms with E-state index in [1.165, 1.54) is 11.3 Å². The lowest BCUT2D eigenvalue weighted by Gasteiger charge is -2.19. The van der Waals surface area contributed by atoms with Crippen LogP contribution in [0.5, 0.6) is 0 Å². The molecule has 12 heteroatoms. The zero-order valence-corrected chi connectivity index (χ0v) is 26.2.